The van der Waals surface area contributed by atoms with Gasteiger partial charge in [-0.15, -0.1) is 0 Å². The molecule has 21 heavy (non-hydrogen) atoms. The van der Waals surface area contributed by atoms with Crippen molar-refractivity contribution >= 4 is 25.8 Å². The predicted octanol–water partition coefficient (Wildman–Crippen LogP) is 3.75. The van der Waals surface area contributed by atoms with Gasteiger partial charge in [-0.2, -0.15) is 0 Å². The van der Waals surface area contributed by atoms with Crippen LogP contribution in [0.1, 0.15) is 45.1 Å². The van der Waals surface area contributed by atoms with Gasteiger partial charge in [-0.3, -0.25) is 0 Å². The second-order valence-electron chi connectivity index (χ2n) is 5.75. The molecule has 1 rings (SSSR count). The van der Waals surface area contributed by atoms with E-state index < -0.39 is 9.84 Å². The summed E-state index contributed by atoms with van der Waals surface area (Å²) in [6, 6.07) is 8.57. The van der Waals surface area contributed by atoms with E-state index in [9.17, 15) is 8.42 Å². The summed E-state index contributed by atoms with van der Waals surface area (Å²) in [5.41, 5.74) is 1.19. The number of rotatable bonds is 9. The SMILES string of the molecule is CCCS(=O)(=O)CCC(CNC(C)C)c1ccc(Br)cc1. The van der Waals surface area contributed by atoms with Crippen molar-refractivity contribution in [1.29, 1.82) is 0 Å². The van der Waals surface area contributed by atoms with Crippen LogP contribution in [0.2, 0.25) is 0 Å². The number of nitrogens with one attached hydrogen (secondary N) is 1. The number of hydrogen-bond donors (Lipinski definition) is 1. The molecule has 0 aromatic heterocycles. The standard InChI is InChI=1S/C16H26BrNO2S/c1-4-10-21(19,20)11-9-15(12-18-13(2)3)14-5-7-16(17)8-6-14/h5-8,13,15,18H,4,9-12H2,1-3H3. The van der Waals surface area contributed by atoms with Gasteiger partial charge in [-0.05, 0) is 36.5 Å². The fraction of sp³-hybridized carbons (Fsp3) is 0.625. The van der Waals surface area contributed by atoms with Crippen LogP contribution in [0, 0.1) is 0 Å². The third-order valence-electron chi connectivity index (χ3n) is 3.41. The van der Waals surface area contributed by atoms with E-state index in [4.69, 9.17) is 0 Å². The maximum atomic E-state index is 11.9. The molecule has 1 aromatic rings. The minimum Gasteiger partial charge on any atom is -0.314 e. The van der Waals surface area contributed by atoms with Gasteiger partial charge in [0.1, 0.15) is 9.84 Å². The van der Waals surface area contributed by atoms with Gasteiger partial charge in [0.15, 0.2) is 0 Å². The van der Waals surface area contributed by atoms with Crippen LogP contribution in [0.25, 0.3) is 0 Å². The Morgan fingerprint density at radius 2 is 1.76 bits per heavy atom. The second-order valence-corrected chi connectivity index (χ2v) is 8.97. The quantitative estimate of drug-likeness (QED) is 0.714. The maximum absolute atomic E-state index is 11.9. The second kappa shape index (κ2) is 8.91. The summed E-state index contributed by atoms with van der Waals surface area (Å²) in [5.74, 6) is 0.783. The van der Waals surface area contributed by atoms with Gasteiger partial charge in [0.25, 0.3) is 0 Å². The molecule has 120 valence electrons. The first-order chi connectivity index (χ1) is 9.84. The number of benzene rings is 1. The summed E-state index contributed by atoms with van der Waals surface area (Å²) < 4.78 is 24.9. The molecule has 0 heterocycles. The van der Waals surface area contributed by atoms with Gasteiger partial charge in [-0.1, -0.05) is 48.8 Å². The van der Waals surface area contributed by atoms with E-state index in [1.807, 2.05) is 19.1 Å². The Kier molecular flexibility index (Phi) is 7.92. The number of hydrogen-bond acceptors (Lipinski definition) is 3. The highest BCUT2D eigenvalue weighted by atomic mass is 79.9. The normalized spacial score (nSPS) is 13.6. The summed E-state index contributed by atoms with van der Waals surface area (Å²) in [4.78, 5) is 0. The Morgan fingerprint density at radius 1 is 1.14 bits per heavy atom. The van der Waals surface area contributed by atoms with E-state index in [1.165, 1.54) is 5.56 Å². The predicted molar refractivity (Wildman–Crippen MR) is 93.6 cm³/mol. The van der Waals surface area contributed by atoms with Gasteiger partial charge in [0.05, 0.1) is 5.75 Å². The van der Waals surface area contributed by atoms with Gasteiger partial charge in [0, 0.05) is 22.8 Å². The highest BCUT2D eigenvalue weighted by Crippen LogP contribution is 2.22. The molecular formula is C16H26BrNO2S. The molecule has 1 unspecified atom stereocenters. The van der Waals surface area contributed by atoms with Crippen molar-refractivity contribution in [2.75, 3.05) is 18.1 Å². The van der Waals surface area contributed by atoms with Crippen LogP contribution in [-0.2, 0) is 9.84 Å². The zero-order chi connectivity index (χ0) is 15.9. The van der Waals surface area contributed by atoms with E-state index in [0.29, 0.717) is 18.9 Å². The zero-order valence-electron chi connectivity index (χ0n) is 13.1. The molecule has 0 spiro atoms. The molecule has 0 aliphatic heterocycles. The van der Waals surface area contributed by atoms with Crippen molar-refractivity contribution < 1.29 is 8.42 Å². The number of sulfone groups is 1. The molecule has 0 saturated carbocycles. The van der Waals surface area contributed by atoms with Crippen molar-refractivity contribution in [1.82, 2.24) is 5.32 Å². The third-order valence-corrected chi connectivity index (χ3v) is 5.82. The third kappa shape index (κ3) is 7.43. The first-order valence-corrected chi connectivity index (χ1v) is 10.1. The Morgan fingerprint density at radius 3 is 2.29 bits per heavy atom. The topological polar surface area (TPSA) is 46.2 Å². The minimum absolute atomic E-state index is 0.229. The Labute approximate surface area is 137 Å². The van der Waals surface area contributed by atoms with Crippen molar-refractivity contribution in [2.24, 2.45) is 0 Å². The maximum Gasteiger partial charge on any atom is 0.150 e. The molecular weight excluding hydrogens is 350 g/mol. The van der Waals surface area contributed by atoms with Crippen molar-refractivity contribution in [3.63, 3.8) is 0 Å². The van der Waals surface area contributed by atoms with Gasteiger partial charge < -0.3 is 5.32 Å². The lowest BCUT2D eigenvalue weighted by molar-refractivity contribution is 0.517. The Balaban J connectivity index is 2.75. The largest absolute Gasteiger partial charge is 0.314 e. The number of halogens is 1. The van der Waals surface area contributed by atoms with Gasteiger partial charge >= 0.3 is 0 Å². The summed E-state index contributed by atoms with van der Waals surface area (Å²) in [5, 5.41) is 3.42. The first-order valence-electron chi connectivity index (χ1n) is 7.53. The summed E-state index contributed by atoms with van der Waals surface area (Å²) in [6.07, 6.45) is 1.36. The molecule has 0 aliphatic carbocycles. The molecule has 1 aromatic carbocycles. The lowest BCUT2D eigenvalue weighted by atomic mass is 9.96. The molecule has 0 amide bonds. The fourth-order valence-electron chi connectivity index (χ4n) is 2.23. The average Bonchev–Trinajstić information content (AvgIpc) is 2.40. The first kappa shape index (κ1) is 18.7. The van der Waals surface area contributed by atoms with Crippen LogP contribution in [0.15, 0.2) is 28.7 Å². The fourth-order valence-corrected chi connectivity index (χ4v) is 3.97. The monoisotopic (exact) mass is 375 g/mol. The highest BCUT2D eigenvalue weighted by Gasteiger charge is 2.17. The smallest absolute Gasteiger partial charge is 0.150 e. The molecule has 0 bridgehead atoms. The summed E-state index contributed by atoms with van der Waals surface area (Å²) >= 11 is 3.44. The average molecular weight is 376 g/mol. The summed E-state index contributed by atoms with van der Waals surface area (Å²) in [6.45, 7) is 6.92. The van der Waals surface area contributed by atoms with E-state index in [0.717, 1.165) is 11.0 Å². The molecule has 0 aliphatic rings. The van der Waals surface area contributed by atoms with E-state index >= 15 is 0 Å². The van der Waals surface area contributed by atoms with E-state index in [1.54, 1.807) is 0 Å². The van der Waals surface area contributed by atoms with Crippen LogP contribution in [0.4, 0.5) is 0 Å². The highest BCUT2D eigenvalue weighted by molar-refractivity contribution is 9.10. The van der Waals surface area contributed by atoms with E-state index in [-0.39, 0.29) is 17.4 Å². The molecule has 1 N–H and O–H groups in total. The lowest BCUT2D eigenvalue weighted by Gasteiger charge is -2.20. The van der Waals surface area contributed by atoms with Crippen LogP contribution < -0.4 is 5.32 Å². The van der Waals surface area contributed by atoms with Crippen LogP contribution in [-0.4, -0.2) is 32.5 Å². The van der Waals surface area contributed by atoms with Crippen LogP contribution in [0.5, 0.6) is 0 Å². The summed E-state index contributed by atoms with van der Waals surface area (Å²) in [7, 11) is -2.92. The van der Waals surface area contributed by atoms with Crippen LogP contribution in [0.3, 0.4) is 0 Å². The van der Waals surface area contributed by atoms with E-state index in [2.05, 4.69) is 47.2 Å². The Hall–Kier alpha value is -0.390. The molecule has 3 nitrogen and oxygen atoms in total. The molecule has 0 radical (unpaired) electrons. The van der Waals surface area contributed by atoms with Gasteiger partial charge in [0.2, 0.25) is 0 Å². The van der Waals surface area contributed by atoms with Crippen LogP contribution >= 0.6 is 15.9 Å². The Bertz CT molecular complexity index is 512. The lowest BCUT2D eigenvalue weighted by Crippen LogP contribution is -2.29. The zero-order valence-corrected chi connectivity index (χ0v) is 15.5. The van der Waals surface area contributed by atoms with Crippen molar-refractivity contribution in [3.05, 3.63) is 34.3 Å². The van der Waals surface area contributed by atoms with Gasteiger partial charge in [-0.25, -0.2) is 8.42 Å². The van der Waals surface area contributed by atoms with Crippen molar-refractivity contribution in [2.45, 2.75) is 45.6 Å². The molecule has 5 heteroatoms. The van der Waals surface area contributed by atoms with Crippen molar-refractivity contribution in [3.8, 4) is 0 Å². The minimum atomic E-state index is -2.92. The molecule has 0 fully saturated rings. The molecule has 0 saturated heterocycles. The molecule has 1 atom stereocenters.